The summed E-state index contributed by atoms with van der Waals surface area (Å²) in [4.78, 5) is 9.89. The Hall–Kier alpha value is -3.09. The van der Waals surface area contributed by atoms with Crippen LogP contribution in [0.25, 0.3) is 11.0 Å². The largest absolute Gasteiger partial charge is 0.249 e. The first-order valence-electron chi connectivity index (χ1n) is 10.3. The van der Waals surface area contributed by atoms with Crippen molar-refractivity contribution in [3.8, 4) is 0 Å². The maximum atomic E-state index is 13.7. The van der Waals surface area contributed by atoms with Gasteiger partial charge in [-0.05, 0) is 43.7 Å². The Labute approximate surface area is 182 Å². The van der Waals surface area contributed by atoms with Crippen LogP contribution in [-0.2, 0) is 23.0 Å². The summed E-state index contributed by atoms with van der Waals surface area (Å²) in [5.41, 5.74) is 6.31. The predicted molar refractivity (Wildman–Crippen MR) is 121 cm³/mol. The number of fused-ring (bicyclic) bond motifs is 2. The lowest BCUT2D eigenvalue weighted by molar-refractivity contribution is 0.289. The zero-order chi connectivity index (χ0) is 21.6. The Morgan fingerprint density at radius 2 is 1.32 bits per heavy atom. The third-order valence-corrected chi connectivity index (χ3v) is 7.72. The highest BCUT2D eigenvalue weighted by molar-refractivity contribution is 7.89. The molecule has 1 aliphatic rings. The Bertz CT molecular complexity index is 1360. The Morgan fingerprint density at radius 3 is 1.94 bits per heavy atom. The average Bonchev–Trinajstić information content (AvgIpc) is 2.77. The number of aromatic nitrogens is 2. The van der Waals surface area contributed by atoms with Crippen molar-refractivity contribution in [2.24, 2.45) is 0 Å². The summed E-state index contributed by atoms with van der Waals surface area (Å²) in [6, 6.07) is 22.5. The highest BCUT2D eigenvalue weighted by Crippen LogP contribution is 2.37. The minimum Gasteiger partial charge on any atom is -0.249 e. The summed E-state index contributed by atoms with van der Waals surface area (Å²) >= 11 is 0. The molecule has 0 amide bonds. The number of hydrogen-bond donors (Lipinski definition) is 0. The molecule has 2 heterocycles. The van der Waals surface area contributed by atoms with Gasteiger partial charge in [-0.2, -0.15) is 4.31 Å². The minimum absolute atomic E-state index is 0.196. The first-order chi connectivity index (χ1) is 14.9. The lowest BCUT2D eigenvalue weighted by Crippen LogP contribution is -2.39. The van der Waals surface area contributed by atoms with Gasteiger partial charge in [-0.15, -0.1) is 0 Å². The molecule has 0 spiro atoms. The molecule has 1 aliphatic heterocycles. The highest BCUT2D eigenvalue weighted by Gasteiger charge is 2.38. The number of para-hydroxylation sites is 2. The molecular weight excluding hydrogens is 406 g/mol. The number of sulfonamides is 1. The van der Waals surface area contributed by atoms with Gasteiger partial charge in [-0.3, -0.25) is 0 Å². The number of nitrogens with zero attached hydrogens (tertiary/aromatic N) is 3. The number of benzene rings is 3. The van der Waals surface area contributed by atoms with Crippen LogP contribution in [0.15, 0.2) is 77.7 Å². The highest BCUT2D eigenvalue weighted by atomic mass is 32.2. The van der Waals surface area contributed by atoms with Crippen LogP contribution in [0.4, 0.5) is 0 Å². The van der Waals surface area contributed by atoms with E-state index in [4.69, 9.17) is 9.97 Å². The molecule has 5 rings (SSSR count). The first-order valence-corrected chi connectivity index (χ1v) is 11.8. The smallest absolute Gasteiger partial charge is 0.244 e. The second-order valence-corrected chi connectivity index (χ2v) is 9.99. The van der Waals surface area contributed by atoms with E-state index in [9.17, 15) is 8.42 Å². The molecule has 1 unspecified atom stereocenters. The molecule has 0 fully saturated rings. The lowest BCUT2D eigenvalue weighted by Gasteiger charge is -2.35. The first kappa shape index (κ1) is 19.8. The monoisotopic (exact) mass is 429 g/mol. The molecule has 0 N–H and O–H groups in total. The van der Waals surface area contributed by atoms with Crippen LogP contribution in [0.1, 0.15) is 34.1 Å². The fourth-order valence-corrected chi connectivity index (χ4v) is 5.65. The van der Waals surface area contributed by atoms with Crippen LogP contribution in [0.3, 0.4) is 0 Å². The van der Waals surface area contributed by atoms with Gasteiger partial charge < -0.3 is 0 Å². The van der Waals surface area contributed by atoms with E-state index in [0.717, 1.165) is 39.1 Å². The third-order valence-electron chi connectivity index (χ3n) is 5.86. The third kappa shape index (κ3) is 3.62. The summed E-state index contributed by atoms with van der Waals surface area (Å²) in [7, 11) is -3.72. The van der Waals surface area contributed by atoms with E-state index in [1.807, 2.05) is 74.5 Å². The summed E-state index contributed by atoms with van der Waals surface area (Å²) in [6.45, 7) is 4.17. The van der Waals surface area contributed by atoms with Crippen LogP contribution < -0.4 is 0 Å². The molecule has 5 nitrogen and oxygen atoms in total. The number of rotatable bonds is 3. The molecule has 1 aromatic heterocycles. The van der Waals surface area contributed by atoms with Gasteiger partial charge in [0.15, 0.2) is 0 Å². The van der Waals surface area contributed by atoms with Crippen LogP contribution in [0.2, 0.25) is 0 Å². The predicted octanol–water partition coefficient (Wildman–Crippen LogP) is 4.73. The summed E-state index contributed by atoms with van der Waals surface area (Å²) < 4.78 is 29.0. The summed E-state index contributed by atoms with van der Waals surface area (Å²) in [5.74, 6) is 0. The second kappa shape index (κ2) is 7.55. The molecule has 0 aliphatic carbocycles. The molecule has 0 radical (unpaired) electrons. The minimum atomic E-state index is -3.72. The van der Waals surface area contributed by atoms with E-state index in [2.05, 4.69) is 0 Å². The Balaban J connectivity index is 1.65. The van der Waals surface area contributed by atoms with Gasteiger partial charge >= 0.3 is 0 Å². The van der Waals surface area contributed by atoms with Crippen LogP contribution in [0.5, 0.6) is 0 Å². The van der Waals surface area contributed by atoms with E-state index >= 15 is 0 Å². The van der Waals surface area contributed by atoms with Crippen molar-refractivity contribution in [3.05, 3.63) is 101 Å². The standard InChI is InChI=1S/C25H23N3O2S/c1-17-7-11-19(12-8-17)25-15-23-24(27-22-6-4-3-5-21(22)26-23)16-28(25)31(29,30)20-13-9-18(2)10-14-20/h3-14,25H,15-16H2,1-2H3. The molecule has 3 aromatic carbocycles. The van der Waals surface area contributed by atoms with Gasteiger partial charge in [0.2, 0.25) is 10.0 Å². The van der Waals surface area contributed by atoms with Gasteiger partial charge in [0, 0.05) is 6.42 Å². The van der Waals surface area contributed by atoms with Crippen molar-refractivity contribution in [2.75, 3.05) is 0 Å². The molecule has 156 valence electrons. The molecule has 31 heavy (non-hydrogen) atoms. The molecular formula is C25H23N3O2S. The zero-order valence-electron chi connectivity index (χ0n) is 17.5. The van der Waals surface area contributed by atoms with E-state index in [1.165, 1.54) is 0 Å². The Kier molecular flexibility index (Phi) is 4.84. The molecule has 0 bridgehead atoms. The second-order valence-electron chi connectivity index (χ2n) is 8.10. The van der Waals surface area contributed by atoms with Gasteiger partial charge in [-0.25, -0.2) is 18.4 Å². The summed E-state index contributed by atoms with van der Waals surface area (Å²) in [5, 5.41) is 0. The van der Waals surface area contributed by atoms with Crippen molar-refractivity contribution >= 4 is 21.1 Å². The van der Waals surface area contributed by atoms with Crippen LogP contribution in [0, 0.1) is 13.8 Å². The molecule has 4 aromatic rings. The molecule has 6 heteroatoms. The van der Waals surface area contributed by atoms with Crippen molar-refractivity contribution in [1.82, 2.24) is 14.3 Å². The quantitative estimate of drug-likeness (QED) is 0.472. The van der Waals surface area contributed by atoms with E-state index in [1.54, 1.807) is 16.4 Å². The van der Waals surface area contributed by atoms with Crippen molar-refractivity contribution in [1.29, 1.82) is 0 Å². The maximum absolute atomic E-state index is 13.7. The summed E-state index contributed by atoms with van der Waals surface area (Å²) in [6.07, 6.45) is 0.487. The van der Waals surface area contributed by atoms with Crippen LogP contribution >= 0.6 is 0 Å². The molecule has 0 saturated carbocycles. The van der Waals surface area contributed by atoms with E-state index < -0.39 is 10.0 Å². The fourth-order valence-electron chi connectivity index (χ4n) is 4.08. The van der Waals surface area contributed by atoms with Gasteiger partial charge in [0.25, 0.3) is 0 Å². The number of hydrogen-bond acceptors (Lipinski definition) is 4. The maximum Gasteiger partial charge on any atom is 0.244 e. The lowest BCUT2D eigenvalue weighted by atomic mass is 9.96. The number of aryl methyl sites for hydroxylation is 2. The van der Waals surface area contributed by atoms with Crippen molar-refractivity contribution < 1.29 is 8.42 Å². The fraction of sp³-hybridized carbons (Fsp3) is 0.200. The molecule has 0 saturated heterocycles. The van der Waals surface area contributed by atoms with Crippen molar-refractivity contribution in [2.45, 2.75) is 37.8 Å². The average molecular weight is 430 g/mol. The topological polar surface area (TPSA) is 63.2 Å². The van der Waals surface area contributed by atoms with Gasteiger partial charge in [-0.1, -0.05) is 59.7 Å². The molecule has 1 atom stereocenters. The van der Waals surface area contributed by atoms with Gasteiger partial charge in [0.1, 0.15) is 0 Å². The van der Waals surface area contributed by atoms with Crippen molar-refractivity contribution in [3.63, 3.8) is 0 Å². The van der Waals surface area contributed by atoms with E-state index in [-0.39, 0.29) is 12.6 Å². The SMILES string of the molecule is Cc1ccc(C2Cc3nc4ccccc4nc3CN2S(=O)(=O)c2ccc(C)cc2)cc1. The Morgan fingerprint density at radius 1 is 0.774 bits per heavy atom. The van der Waals surface area contributed by atoms with Crippen LogP contribution in [-0.4, -0.2) is 22.7 Å². The normalized spacial score (nSPS) is 16.9. The van der Waals surface area contributed by atoms with Gasteiger partial charge in [0.05, 0.1) is 39.9 Å². The zero-order valence-corrected chi connectivity index (χ0v) is 18.3. The van der Waals surface area contributed by atoms with E-state index in [0.29, 0.717) is 11.3 Å².